The third-order valence-corrected chi connectivity index (χ3v) is 4.70. The van der Waals surface area contributed by atoms with Crippen molar-refractivity contribution in [2.75, 3.05) is 11.9 Å². The Balaban J connectivity index is 0.00000208. The van der Waals surface area contributed by atoms with E-state index in [4.69, 9.17) is 5.73 Å². The molecule has 24 heavy (non-hydrogen) atoms. The fraction of sp³-hybridized carbons (Fsp3) is 0.312. The minimum absolute atomic E-state index is 0. The standard InChI is InChI=1S/C16H18N4O2S.ClH/c17-11-6-7-12-13(8-11)23-16(19-12)20-14(21)9-18-15(22)10-4-2-1-3-5-10;/h1-5,11H,6-9,17H2,(H,18,22)(H,19,20,21);1H/t11-;/m0./s1. The minimum atomic E-state index is -0.287. The van der Waals surface area contributed by atoms with Gasteiger partial charge in [0, 0.05) is 16.5 Å². The van der Waals surface area contributed by atoms with Gasteiger partial charge in [-0.1, -0.05) is 18.2 Å². The van der Waals surface area contributed by atoms with Gasteiger partial charge >= 0.3 is 0 Å². The second-order valence-electron chi connectivity index (χ2n) is 5.49. The molecule has 2 aromatic rings. The van der Waals surface area contributed by atoms with Gasteiger partial charge in [-0.15, -0.1) is 23.7 Å². The van der Waals surface area contributed by atoms with E-state index in [1.807, 2.05) is 6.07 Å². The monoisotopic (exact) mass is 366 g/mol. The van der Waals surface area contributed by atoms with Gasteiger partial charge in [-0.3, -0.25) is 9.59 Å². The number of nitrogens with zero attached hydrogens (tertiary/aromatic N) is 1. The van der Waals surface area contributed by atoms with Crippen LogP contribution < -0.4 is 16.4 Å². The van der Waals surface area contributed by atoms with Crippen molar-refractivity contribution < 1.29 is 9.59 Å². The first-order valence-electron chi connectivity index (χ1n) is 7.49. The highest BCUT2D eigenvalue weighted by Gasteiger charge is 2.20. The summed E-state index contributed by atoms with van der Waals surface area (Å²) in [5.74, 6) is -0.560. The lowest BCUT2D eigenvalue weighted by Crippen LogP contribution is -2.32. The van der Waals surface area contributed by atoms with Crippen molar-refractivity contribution in [1.82, 2.24) is 10.3 Å². The van der Waals surface area contributed by atoms with Crippen LogP contribution in [0, 0.1) is 0 Å². The Kier molecular flexibility index (Phi) is 6.30. The first-order chi connectivity index (χ1) is 11.1. The molecule has 1 atom stereocenters. The summed E-state index contributed by atoms with van der Waals surface area (Å²) in [6, 6.07) is 8.97. The molecular weight excluding hydrogens is 348 g/mol. The average molecular weight is 367 g/mol. The molecule has 1 aromatic heterocycles. The molecule has 0 fully saturated rings. The molecule has 1 heterocycles. The first-order valence-corrected chi connectivity index (χ1v) is 8.30. The number of aryl methyl sites for hydroxylation is 1. The highest BCUT2D eigenvalue weighted by molar-refractivity contribution is 7.15. The largest absolute Gasteiger partial charge is 0.343 e. The zero-order chi connectivity index (χ0) is 16.2. The summed E-state index contributed by atoms with van der Waals surface area (Å²) in [6.45, 7) is -0.0858. The van der Waals surface area contributed by atoms with Crippen molar-refractivity contribution in [3.8, 4) is 0 Å². The average Bonchev–Trinajstić information content (AvgIpc) is 2.94. The Morgan fingerprint density at radius 2 is 2.04 bits per heavy atom. The number of halogens is 1. The van der Waals surface area contributed by atoms with Crippen molar-refractivity contribution in [3.05, 3.63) is 46.5 Å². The lowest BCUT2D eigenvalue weighted by atomic mass is 9.99. The van der Waals surface area contributed by atoms with E-state index in [-0.39, 0.29) is 36.8 Å². The maximum absolute atomic E-state index is 11.9. The number of rotatable bonds is 4. The molecule has 0 saturated carbocycles. The van der Waals surface area contributed by atoms with Crippen LogP contribution in [0.4, 0.5) is 5.13 Å². The van der Waals surface area contributed by atoms with Crippen LogP contribution in [0.25, 0.3) is 0 Å². The van der Waals surface area contributed by atoms with Crippen molar-refractivity contribution in [3.63, 3.8) is 0 Å². The molecule has 128 valence electrons. The summed E-state index contributed by atoms with van der Waals surface area (Å²) in [6.07, 6.45) is 2.60. The molecule has 1 aliphatic rings. The molecule has 0 bridgehead atoms. The predicted molar refractivity (Wildman–Crippen MR) is 96.8 cm³/mol. The van der Waals surface area contributed by atoms with Crippen LogP contribution in [-0.4, -0.2) is 29.4 Å². The lowest BCUT2D eigenvalue weighted by molar-refractivity contribution is -0.115. The molecule has 1 aliphatic carbocycles. The molecule has 0 spiro atoms. The third kappa shape index (κ3) is 4.53. The van der Waals surface area contributed by atoms with Gasteiger partial charge in [-0.2, -0.15) is 0 Å². The SMILES string of the molecule is Cl.N[C@H]1CCc2nc(NC(=O)CNC(=O)c3ccccc3)sc2C1. The van der Waals surface area contributed by atoms with Crippen molar-refractivity contribution >= 4 is 40.7 Å². The second-order valence-corrected chi connectivity index (χ2v) is 6.57. The summed E-state index contributed by atoms with van der Waals surface area (Å²) in [5, 5.41) is 5.90. The summed E-state index contributed by atoms with van der Waals surface area (Å²) in [4.78, 5) is 29.4. The normalized spacial score (nSPS) is 15.8. The number of anilines is 1. The Hall–Kier alpha value is -1.96. The smallest absolute Gasteiger partial charge is 0.251 e. The van der Waals surface area contributed by atoms with Gasteiger partial charge in [0.25, 0.3) is 5.91 Å². The zero-order valence-corrected chi connectivity index (χ0v) is 14.6. The number of carbonyl (C=O) groups excluding carboxylic acids is 2. The highest BCUT2D eigenvalue weighted by atomic mass is 35.5. The predicted octanol–water partition coefficient (Wildman–Crippen LogP) is 1.75. The van der Waals surface area contributed by atoms with Gasteiger partial charge in [0.05, 0.1) is 12.2 Å². The van der Waals surface area contributed by atoms with E-state index in [1.165, 1.54) is 11.3 Å². The van der Waals surface area contributed by atoms with Crippen LogP contribution in [0.15, 0.2) is 30.3 Å². The van der Waals surface area contributed by atoms with Gasteiger partial charge in [0.2, 0.25) is 5.91 Å². The van der Waals surface area contributed by atoms with Gasteiger partial charge in [0.15, 0.2) is 5.13 Å². The van der Waals surface area contributed by atoms with E-state index < -0.39 is 0 Å². The van der Waals surface area contributed by atoms with Crippen LogP contribution in [0.5, 0.6) is 0 Å². The number of aromatic nitrogens is 1. The molecule has 0 aliphatic heterocycles. The molecular formula is C16H19ClN4O2S. The Bertz CT molecular complexity index is 720. The number of thiazole rings is 1. The number of amides is 2. The zero-order valence-electron chi connectivity index (χ0n) is 13.0. The first kappa shape index (κ1) is 18.4. The van der Waals surface area contributed by atoms with E-state index in [2.05, 4.69) is 15.6 Å². The van der Waals surface area contributed by atoms with E-state index in [0.717, 1.165) is 29.8 Å². The topological polar surface area (TPSA) is 97.1 Å². The number of hydrogen-bond acceptors (Lipinski definition) is 5. The number of benzene rings is 1. The fourth-order valence-electron chi connectivity index (χ4n) is 2.47. The van der Waals surface area contributed by atoms with Crippen LogP contribution in [0.1, 0.15) is 27.3 Å². The van der Waals surface area contributed by atoms with Crippen LogP contribution in [-0.2, 0) is 17.6 Å². The molecule has 4 N–H and O–H groups in total. The molecule has 6 nitrogen and oxygen atoms in total. The summed E-state index contributed by atoms with van der Waals surface area (Å²) < 4.78 is 0. The van der Waals surface area contributed by atoms with E-state index >= 15 is 0 Å². The van der Waals surface area contributed by atoms with Crippen molar-refractivity contribution in [2.45, 2.75) is 25.3 Å². The molecule has 0 saturated heterocycles. The number of hydrogen-bond donors (Lipinski definition) is 3. The van der Waals surface area contributed by atoms with Gasteiger partial charge in [-0.05, 0) is 31.4 Å². The minimum Gasteiger partial charge on any atom is -0.343 e. The van der Waals surface area contributed by atoms with Crippen LogP contribution in [0.2, 0.25) is 0 Å². The molecule has 2 amide bonds. The van der Waals surface area contributed by atoms with Gasteiger partial charge in [-0.25, -0.2) is 4.98 Å². The van der Waals surface area contributed by atoms with Gasteiger partial charge in [0.1, 0.15) is 0 Å². The lowest BCUT2D eigenvalue weighted by Gasteiger charge is -2.15. The quantitative estimate of drug-likeness (QED) is 0.767. The van der Waals surface area contributed by atoms with E-state index in [9.17, 15) is 9.59 Å². The number of fused-ring (bicyclic) bond motifs is 1. The van der Waals surface area contributed by atoms with E-state index in [0.29, 0.717) is 10.7 Å². The molecule has 8 heteroatoms. The number of nitrogens with one attached hydrogen (secondary N) is 2. The van der Waals surface area contributed by atoms with Gasteiger partial charge < -0.3 is 16.4 Å². The Morgan fingerprint density at radius 3 is 2.79 bits per heavy atom. The van der Waals surface area contributed by atoms with Crippen LogP contribution in [0.3, 0.4) is 0 Å². The molecule has 0 radical (unpaired) electrons. The van der Waals surface area contributed by atoms with Crippen molar-refractivity contribution in [2.24, 2.45) is 5.73 Å². The van der Waals surface area contributed by atoms with Crippen LogP contribution >= 0.6 is 23.7 Å². The number of carbonyl (C=O) groups is 2. The Labute approximate surface area is 150 Å². The fourth-order valence-corrected chi connectivity index (χ4v) is 3.59. The summed E-state index contributed by atoms with van der Waals surface area (Å²) >= 11 is 1.46. The third-order valence-electron chi connectivity index (χ3n) is 3.67. The Morgan fingerprint density at radius 1 is 1.29 bits per heavy atom. The summed E-state index contributed by atoms with van der Waals surface area (Å²) in [5.41, 5.74) is 7.50. The van der Waals surface area contributed by atoms with E-state index in [1.54, 1.807) is 24.3 Å². The maximum Gasteiger partial charge on any atom is 0.251 e. The summed E-state index contributed by atoms with van der Waals surface area (Å²) in [7, 11) is 0. The number of nitrogens with two attached hydrogens (primary N) is 1. The molecule has 1 aromatic carbocycles. The highest BCUT2D eigenvalue weighted by Crippen LogP contribution is 2.29. The molecule has 0 unspecified atom stereocenters. The van der Waals surface area contributed by atoms with Crippen molar-refractivity contribution in [1.29, 1.82) is 0 Å². The maximum atomic E-state index is 11.9. The second kappa shape index (κ2) is 8.23. The molecule has 3 rings (SSSR count).